The summed E-state index contributed by atoms with van der Waals surface area (Å²) in [7, 11) is 0. The van der Waals surface area contributed by atoms with Crippen LogP contribution in [-0.2, 0) is 14.3 Å². The van der Waals surface area contributed by atoms with Gasteiger partial charge in [0.05, 0.1) is 13.0 Å². The van der Waals surface area contributed by atoms with Crippen molar-refractivity contribution in [3.05, 3.63) is 0 Å². The Labute approximate surface area is 111 Å². The Morgan fingerprint density at radius 2 is 1.59 bits per heavy atom. The van der Waals surface area contributed by atoms with E-state index in [0.29, 0.717) is 18.8 Å². The topological polar surface area (TPSA) is 35.5 Å². The molecule has 0 atom stereocenters. The van der Waals surface area contributed by atoms with Gasteiger partial charge in [0.1, 0.15) is 0 Å². The SMILES string of the molecule is CCOCCCCCCCCOC(=O)CCS. The highest BCUT2D eigenvalue weighted by molar-refractivity contribution is 7.80. The summed E-state index contributed by atoms with van der Waals surface area (Å²) in [5.41, 5.74) is 0. The molecule has 0 bridgehead atoms. The summed E-state index contributed by atoms with van der Waals surface area (Å²) in [5.74, 6) is 0.440. The van der Waals surface area contributed by atoms with Crippen LogP contribution < -0.4 is 0 Å². The van der Waals surface area contributed by atoms with Gasteiger partial charge in [0.25, 0.3) is 0 Å². The van der Waals surface area contributed by atoms with E-state index >= 15 is 0 Å². The molecule has 0 heterocycles. The molecule has 0 aliphatic heterocycles. The minimum absolute atomic E-state index is 0.128. The second-order valence-electron chi connectivity index (χ2n) is 4.01. The number of unbranched alkanes of at least 4 members (excludes halogenated alkanes) is 5. The van der Waals surface area contributed by atoms with E-state index in [-0.39, 0.29) is 5.97 Å². The molecule has 0 aromatic heterocycles. The van der Waals surface area contributed by atoms with Gasteiger partial charge >= 0.3 is 5.97 Å². The number of ether oxygens (including phenoxy) is 2. The van der Waals surface area contributed by atoms with Crippen molar-refractivity contribution >= 4 is 18.6 Å². The third-order valence-corrected chi connectivity index (χ3v) is 2.69. The van der Waals surface area contributed by atoms with Gasteiger partial charge in [-0.3, -0.25) is 4.79 Å². The quantitative estimate of drug-likeness (QED) is 0.333. The molecule has 0 rings (SSSR count). The van der Waals surface area contributed by atoms with Crippen LogP contribution in [-0.4, -0.2) is 31.5 Å². The predicted molar refractivity (Wildman–Crippen MR) is 73.6 cm³/mol. The minimum Gasteiger partial charge on any atom is -0.466 e. The van der Waals surface area contributed by atoms with Gasteiger partial charge < -0.3 is 9.47 Å². The summed E-state index contributed by atoms with van der Waals surface area (Å²) in [5, 5.41) is 0. The Morgan fingerprint density at radius 1 is 1.00 bits per heavy atom. The van der Waals surface area contributed by atoms with Gasteiger partial charge in [-0.15, -0.1) is 0 Å². The van der Waals surface area contributed by atoms with Crippen LogP contribution in [0.3, 0.4) is 0 Å². The average Bonchev–Trinajstić information content (AvgIpc) is 2.32. The molecule has 0 aliphatic carbocycles. The van der Waals surface area contributed by atoms with Crippen molar-refractivity contribution in [1.82, 2.24) is 0 Å². The van der Waals surface area contributed by atoms with Crippen LogP contribution >= 0.6 is 12.6 Å². The van der Waals surface area contributed by atoms with Gasteiger partial charge in [0.15, 0.2) is 0 Å². The first-order valence-electron chi connectivity index (χ1n) is 6.65. The van der Waals surface area contributed by atoms with Gasteiger partial charge in [-0.1, -0.05) is 25.7 Å². The van der Waals surface area contributed by atoms with E-state index in [4.69, 9.17) is 9.47 Å². The smallest absolute Gasteiger partial charge is 0.306 e. The molecule has 0 radical (unpaired) electrons. The second-order valence-corrected chi connectivity index (χ2v) is 4.46. The number of thiol groups is 1. The first-order valence-corrected chi connectivity index (χ1v) is 7.28. The molecule has 0 N–H and O–H groups in total. The fraction of sp³-hybridized carbons (Fsp3) is 0.923. The summed E-state index contributed by atoms with van der Waals surface area (Å²) in [6.07, 6.45) is 7.39. The van der Waals surface area contributed by atoms with E-state index in [0.717, 1.165) is 32.5 Å². The zero-order valence-electron chi connectivity index (χ0n) is 11.0. The maximum atomic E-state index is 11.0. The summed E-state index contributed by atoms with van der Waals surface area (Å²) < 4.78 is 10.3. The number of rotatable bonds is 12. The Morgan fingerprint density at radius 3 is 2.18 bits per heavy atom. The monoisotopic (exact) mass is 262 g/mol. The van der Waals surface area contributed by atoms with Crippen molar-refractivity contribution in [2.24, 2.45) is 0 Å². The molecule has 0 amide bonds. The highest BCUT2D eigenvalue weighted by atomic mass is 32.1. The maximum absolute atomic E-state index is 11.0. The number of carbonyl (C=O) groups excluding carboxylic acids is 1. The van der Waals surface area contributed by atoms with E-state index in [1.807, 2.05) is 6.92 Å². The fourth-order valence-corrected chi connectivity index (χ4v) is 1.69. The number of hydrogen-bond acceptors (Lipinski definition) is 4. The summed E-state index contributed by atoms with van der Waals surface area (Å²) in [6, 6.07) is 0. The number of esters is 1. The molecule has 102 valence electrons. The molecule has 0 saturated carbocycles. The van der Waals surface area contributed by atoms with Gasteiger partial charge in [-0.2, -0.15) is 12.6 Å². The van der Waals surface area contributed by atoms with Crippen molar-refractivity contribution in [2.75, 3.05) is 25.6 Å². The van der Waals surface area contributed by atoms with Crippen molar-refractivity contribution in [1.29, 1.82) is 0 Å². The molecule has 4 heteroatoms. The van der Waals surface area contributed by atoms with Crippen LogP contribution in [0, 0.1) is 0 Å². The molecule has 17 heavy (non-hydrogen) atoms. The summed E-state index contributed by atoms with van der Waals surface area (Å²) in [4.78, 5) is 11.0. The Bertz CT molecular complexity index is 174. The summed E-state index contributed by atoms with van der Waals surface area (Å²) >= 11 is 3.97. The van der Waals surface area contributed by atoms with E-state index in [9.17, 15) is 4.79 Å². The minimum atomic E-state index is -0.128. The van der Waals surface area contributed by atoms with Crippen molar-refractivity contribution < 1.29 is 14.3 Å². The highest BCUT2D eigenvalue weighted by Crippen LogP contribution is 2.06. The molecule has 0 fully saturated rings. The molecule has 0 aromatic carbocycles. The van der Waals surface area contributed by atoms with E-state index in [2.05, 4.69) is 12.6 Å². The van der Waals surface area contributed by atoms with Crippen molar-refractivity contribution in [3.63, 3.8) is 0 Å². The average molecular weight is 262 g/mol. The van der Waals surface area contributed by atoms with Crippen LogP contribution in [0.4, 0.5) is 0 Å². The normalized spacial score (nSPS) is 10.5. The predicted octanol–water partition coefficient (Wildman–Crippen LogP) is 3.23. The van der Waals surface area contributed by atoms with Gasteiger partial charge in [0, 0.05) is 19.0 Å². The lowest BCUT2D eigenvalue weighted by atomic mass is 10.1. The zero-order valence-corrected chi connectivity index (χ0v) is 11.8. The molecule has 3 nitrogen and oxygen atoms in total. The Hall–Kier alpha value is -0.220. The Kier molecular flexibility index (Phi) is 13.7. The fourth-order valence-electron chi connectivity index (χ4n) is 1.51. The van der Waals surface area contributed by atoms with E-state index in [1.54, 1.807) is 0 Å². The molecule has 0 aromatic rings. The third-order valence-electron chi connectivity index (χ3n) is 2.47. The lowest BCUT2D eigenvalue weighted by Gasteiger charge is -2.04. The van der Waals surface area contributed by atoms with Gasteiger partial charge in [-0.05, 0) is 19.8 Å². The van der Waals surface area contributed by atoms with Crippen molar-refractivity contribution in [3.8, 4) is 0 Å². The van der Waals surface area contributed by atoms with Crippen molar-refractivity contribution in [2.45, 2.75) is 51.9 Å². The number of hydrogen-bond donors (Lipinski definition) is 1. The Balaban J connectivity index is 3.01. The lowest BCUT2D eigenvalue weighted by Crippen LogP contribution is -2.06. The standard InChI is InChI=1S/C13H26O3S/c1-2-15-10-7-5-3-4-6-8-11-16-13(14)9-12-17/h17H,2-12H2,1H3. The third kappa shape index (κ3) is 13.7. The lowest BCUT2D eigenvalue weighted by molar-refractivity contribution is -0.143. The van der Waals surface area contributed by atoms with Crippen LogP contribution in [0.15, 0.2) is 0 Å². The molecular formula is C13H26O3S. The highest BCUT2D eigenvalue weighted by Gasteiger charge is 1.99. The van der Waals surface area contributed by atoms with Gasteiger partial charge in [-0.25, -0.2) is 0 Å². The second kappa shape index (κ2) is 13.8. The molecule has 0 aliphatic rings. The van der Waals surface area contributed by atoms with Gasteiger partial charge in [0.2, 0.25) is 0 Å². The van der Waals surface area contributed by atoms with Crippen LogP contribution in [0.2, 0.25) is 0 Å². The maximum Gasteiger partial charge on any atom is 0.306 e. The first kappa shape index (κ1) is 16.8. The molecular weight excluding hydrogens is 236 g/mol. The first-order chi connectivity index (χ1) is 8.31. The van der Waals surface area contributed by atoms with Crippen LogP contribution in [0.5, 0.6) is 0 Å². The van der Waals surface area contributed by atoms with Crippen LogP contribution in [0.25, 0.3) is 0 Å². The van der Waals surface area contributed by atoms with E-state index in [1.165, 1.54) is 19.3 Å². The molecule has 0 saturated heterocycles. The largest absolute Gasteiger partial charge is 0.466 e. The molecule has 0 unspecified atom stereocenters. The molecule has 0 spiro atoms. The van der Waals surface area contributed by atoms with Crippen LogP contribution in [0.1, 0.15) is 51.9 Å². The van der Waals surface area contributed by atoms with E-state index < -0.39 is 0 Å². The zero-order chi connectivity index (χ0) is 12.8. The number of carbonyl (C=O) groups is 1. The summed E-state index contributed by atoms with van der Waals surface area (Å²) in [6.45, 7) is 4.29.